The molecule has 122 valence electrons. The van der Waals surface area contributed by atoms with Crippen LogP contribution in [0.3, 0.4) is 0 Å². The Morgan fingerprint density at radius 2 is 2.21 bits per heavy atom. The summed E-state index contributed by atoms with van der Waals surface area (Å²) in [5.74, 6) is 0.102. The largest absolute Gasteiger partial charge is 0.365 e. The van der Waals surface area contributed by atoms with Crippen LogP contribution in [0.5, 0.6) is 0 Å². The smallest absolute Gasteiger partial charge is 0.260 e. The van der Waals surface area contributed by atoms with Gasteiger partial charge in [-0.2, -0.15) is 4.57 Å². The van der Waals surface area contributed by atoms with Gasteiger partial charge in [0.1, 0.15) is 10.4 Å². The highest BCUT2D eigenvalue weighted by molar-refractivity contribution is 7.18. The van der Waals surface area contributed by atoms with Crippen molar-refractivity contribution in [3.05, 3.63) is 56.7 Å². The number of hydrogen-bond acceptors (Lipinski definition) is 4. The Bertz CT molecular complexity index is 1010. The third-order valence-electron chi connectivity index (χ3n) is 4.35. The molecular formula is C17H17N4O2S+. The number of primary amides is 1. The molecule has 0 saturated heterocycles. The Morgan fingerprint density at radius 1 is 1.38 bits per heavy atom. The minimum Gasteiger partial charge on any atom is -0.365 e. The number of pyridine rings is 1. The van der Waals surface area contributed by atoms with Crippen LogP contribution in [0.25, 0.3) is 10.2 Å². The Morgan fingerprint density at radius 3 is 3.04 bits per heavy atom. The van der Waals surface area contributed by atoms with E-state index in [-0.39, 0.29) is 5.56 Å². The zero-order valence-corrected chi connectivity index (χ0v) is 13.9. The number of aromatic amines is 1. The first-order chi connectivity index (χ1) is 11.6. The Hall–Kier alpha value is -2.54. The molecule has 0 aliphatic heterocycles. The molecule has 0 atom stereocenters. The van der Waals surface area contributed by atoms with Gasteiger partial charge >= 0.3 is 0 Å². The highest BCUT2D eigenvalue weighted by Crippen LogP contribution is 2.33. The number of aryl methyl sites for hydroxylation is 2. The lowest BCUT2D eigenvalue weighted by Gasteiger charge is -2.09. The first-order valence-electron chi connectivity index (χ1n) is 7.94. The molecule has 1 aliphatic rings. The van der Waals surface area contributed by atoms with Gasteiger partial charge < -0.3 is 10.7 Å². The number of nitrogens with two attached hydrogens (primary N) is 1. The normalized spacial score (nSPS) is 13.8. The molecule has 3 aromatic rings. The molecule has 0 aromatic carbocycles. The van der Waals surface area contributed by atoms with Gasteiger partial charge in [0.15, 0.2) is 18.2 Å². The van der Waals surface area contributed by atoms with Crippen molar-refractivity contribution in [2.24, 2.45) is 5.73 Å². The van der Waals surface area contributed by atoms with Crippen LogP contribution in [-0.2, 0) is 19.4 Å². The summed E-state index contributed by atoms with van der Waals surface area (Å²) in [4.78, 5) is 33.4. The van der Waals surface area contributed by atoms with E-state index in [0.29, 0.717) is 17.9 Å². The van der Waals surface area contributed by atoms with E-state index in [9.17, 15) is 9.59 Å². The number of thiophene rings is 1. The number of fused-ring (bicyclic) bond motifs is 3. The fraction of sp³-hybridized carbons (Fsp3) is 0.294. The lowest BCUT2D eigenvalue weighted by molar-refractivity contribution is -0.689. The van der Waals surface area contributed by atoms with Crippen molar-refractivity contribution >= 4 is 27.5 Å². The summed E-state index contributed by atoms with van der Waals surface area (Å²) in [5.41, 5.74) is 6.85. The van der Waals surface area contributed by atoms with Crippen molar-refractivity contribution in [1.82, 2.24) is 9.97 Å². The van der Waals surface area contributed by atoms with Crippen molar-refractivity contribution in [2.75, 3.05) is 0 Å². The maximum Gasteiger partial charge on any atom is 0.260 e. The van der Waals surface area contributed by atoms with Gasteiger partial charge in [-0.05, 0) is 37.3 Å². The zero-order chi connectivity index (χ0) is 16.7. The first-order valence-corrected chi connectivity index (χ1v) is 8.76. The van der Waals surface area contributed by atoms with E-state index >= 15 is 0 Å². The summed E-state index contributed by atoms with van der Waals surface area (Å²) in [5, 5.41) is 0.759. The van der Waals surface area contributed by atoms with Gasteiger partial charge in [0, 0.05) is 10.9 Å². The molecular weight excluding hydrogens is 324 g/mol. The van der Waals surface area contributed by atoms with Gasteiger partial charge in [-0.15, -0.1) is 11.3 Å². The quantitative estimate of drug-likeness (QED) is 0.703. The summed E-state index contributed by atoms with van der Waals surface area (Å²) in [7, 11) is 0. The van der Waals surface area contributed by atoms with E-state index in [4.69, 9.17) is 5.73 Å². The Kier molecular flexibility index (Phi) is 3.65. The molecule has 0 bridgehead atoms. The second-order valence-corrected chi connectivity index (χ2v) is 7.12. The van der Waals surface area contributed by atoms with Gasteiger partial charge in [-0.1, -0.05) is 0 Å². The highest BCUT2D eigenvalue weighted by Gasteiger charge is 2.20. The highest BCUT2D eigenvalue weighted by atomic mass is 32.1. The summed E-state index contributed by atoms with van der Waals surface area (Å²) >= 11 is 1.63. The molecule has 24 heavy (non-hydrogen) atoms. The number of aromatic nitrogens is 3. The van der Waals surface area contributed by atoms with E-state index in [0.717, 1.165) is 29.5 Å². The molecule has 3 aromatic heterocycles. The van der Waals surface area contributed by atoms with Gasteiger partial charge in [-0.3, -0.25) is 9.59 Å². The monoisotopic (exact) mass is 341 g/mol. The molecule has 6 nitrogen and oxygen atoms in total. The zero-order valence-electron chi connectivity index (χ0n) is 13.0. The van der Waals surface area contributed by atoms with E-state index in [1.165, 1.54) is 16.9 Å². The van der Waals surface area contributed by atoms with Crippen molar-refractivity contribution in [3.63, 3.8) is 0 Å². The number of carbonyl (C=O) groups excluding carboxylic acids is 1. The number of amides is 1. The van der Waals surface area contributed by atoms with E-state index in [1.54, 1.807) is 34.2 Å². The molecule has 4 rings (SSSR count). The predicted octanol–water partition coefficient (Wildman–Crippen LogP) is 1.30. The van der Waals surface area contributed by atoms with Crippen LogP contribution >= 0.6 is 11.3 Å². The molecule has 3 heterocycles. The maximum absolute atomic E-state index is 12.5. The minimum absolute atomic E-state index is 0.0685. The SMILES string of the molecule is NC(=O)c1ccc[n+](Cc2nc3sc4c(c3c(=O)[nH]2)CCCC4)c1. The molecule has 1 aliphatic carbocycles. The average Bonchev–Trinajstić information content (AvgIpc) is 2.93. The molecule has 0 saturated carbocycles. The molecule has 3 N–H and O–H groups in total. The molecule has 0 spiro atoms. The second-order valence-electron chi connectivity index (χ2n) is 6.03. The third-order valence-corrected chi connectivity index (χ3v) is 5.53. The third kappa shape index (κ3) is 2.60. The average molecular weight is 341 g/mol. The second kappa shape index (κ2) is 5.83. The predicted molar refractivity (Wildman–Crippen MR) is 91.1 cm³/mol. The minimum atomic E-state index is -0.479. The molecule has 1 amide bonds. The summed E-state index contributed by atoms with van der Waals surface area (Å²) in [6, 6.07) is 3.41. The Balaban J connectivity index is 1.74. The van der Waals surface area contributed by atoms with Crippen LogP contribution in [0.4, 0.5) is 0 Å². The topological polar surface area (TPSA) is 92.7 Å². The summed E-state index contributed by atoms with van der Waals surface area (Å²) in [6.45, 7) is 0.384. The van der Waals surface area contributed by atoms with Crippen LogP contribution in [-0.4, -0.2) is 15.9 Å². The van der Waals surface area contributed by atoms with Crippen LogP contribution in [0.2, 0.25) is 0 Å². The Labute approximate surface area is 142 Å². The number of nitrogens with one attached hydrogen (secondary N) is 1. The first kappa shape index (κ1) is 15.0. The number of nitrogens with zero attached hydrogens (tertiary/aromatic N) is 2. The maximum atomic E-state index is 12.5. The van der Waals surface area contributed by atoms with Gasteiger partial charge in [0.2, 0.25) is 6.54 Å². The molecule has 0 unspecified atom stereocenters. The number of carbonyl (C=O) groups is 1. The number of rotatable bonds is 3. The van der Waals surface area contributed by atoms with Gasteiger partial charge in [0.25, 0.3) is 11.5 Å². The fourth-order valence-corrected chi connectivity index (χ4v) is 4.50. The summed E-state index contributed by atoms with van der Waals surface area (Å²) < 4.78 is 1.79. The van der Waals surface area contributed by atoms with Crippen LogP contribution < -0.4 is 15.9 Å². The van der Waals surface area contributed by atoms with E-state index in [2.05, 4.69) is 9.97 Å². The fourth-order valence-electron chi connectivity index (χ4n) is 3.22. The van der Waals surface area contributed by atoms with E-state index < -0.39 is 5.91 Å². The van der Waals surface area contributed by atoms with Gasteiger partial charge in [-0.25, -0.2) is 4.98 Å². The van der Waals surface area contributed by atoms with Crippen LogP contribution in [0, 0.1) is 0 Å². The molecule has 0 fully saturated rings. The lowest BCUT2D eigenvalue weighted by atomic mass is 9.97. The summed E-state index contributed by atoms with van der Waals surface area (Å²) in [6.07, 6.45) is 7.80. The molecule has 7 heteroatoms. The lowest BCUT2D eigenvalue weighted by Crippen LogP contribution is -2.36. The van der Waals surface area contributed by atoms with Crippen molar-refractivity contribution in [3.8, 4) is 0 Å². The van der Waals surface area contributed by atoms with Crippen LogP contribution in [0.15, 0.2) is 29.3 Å². The van der Waals surface area contributed by atoms with E-state index in [1.807, 2.05) is 6.20 Å². The van der Waals surface area contributed by atoms with Crippen molar-refractivity contribution < 1.29 is 9.36 Å². The number of hydrogen-bond donors (Lipinski definition) is 2. The standard InChI is InChI=1S/C17H16N4O2S/c18-15(22)10-4-3-7-21(8-10)9-13-19-16(23)14-11-5-1-2-6-12(11)24-17(14)20-13/h3-4,7-8H,1-2,5-6,9H2,(H2-,18,19,20,22,23)/p+1. The van der Waals surface area contributed by atoms with Gasteiger partial charge in [0.05, 0.1) is 5.39 Å². The van der Waals surface area contributed by atoms with Crippen LogP contribution in [0.1, 0.15) is 39.5 Å². The van der Waals surface area contributed by atoms with Crippen molar-refractivity contribution in [2.45, 2.75) is 32.2 Å². The number of H-pyrrole nitrogens is 1. The molecule has 0 radical (unpaired) electrons. The van der Waals surface area contributed by atoms with Crippen molar-refractivity contribution in [1.29, 1.82) is 0 Å².